The molecule has 1 N–H and O–H groups in total. The van der Waals surface area contributed by atoms with Gasteiger partial charge in [0.25, 0.3) is 0 Å². The molecule has 0 saturated carbocycles. The highest BCUT2D eigenvalue weighted by Crippen LogP contribution is 2.15. The summed E-state index contributed by atoms with van der Waals surface area (Å²) in [6.45, 7) is 6.73. The summed E-state index contributed by atoms with van der Waals surface area (Å²) >= 11 is 0. The Morgan fingerprint density at radius 3 is 2.62 bits per heavy atom. The van der Waals surface area contributed by atoms with Gasteiger partial charge in [-0.1, -0.05) is 0 Å². The van der Waals surface area contributed by atoms with E-state index in [9.17, 15) is 0 Å². The molecule has 3 unspecified atom stereocenters. The SMILES string of the molecule is CNC1CCN(C(C)C(C)OC)C1. The van der Waals surface area contributed by atoms with E-state index in [0.29, 0.717) is 18.2 Å². The maximum absolute atomic E-state index is 5.33. The number of nitrogens with zero attached hydrogens (tertiary/aromatic N) is 1. The van der Waals surface area contributed by atoms with Crippen molar-refractivity contribution in [3.63, 3.8) is 0 Å². The number of likely N-dealkylation sites (N-methyl/N-ethyl adjacent to an activating group) is 1. The minimum absolute atomic E-state index is 0.329. The van der Waals surface area contributed by atoms with E-state index < -0.39 is 0 Å². The summed E-state index contributed by atoms with van der Waals surface area (Å²) in [7, 11) is 3.82. The fourth-order valence-electron chi connectivity index (χ4n) is 1.89. The number of hydrogen-bond acceptors (Lipinski definition) is 3. The van der Waals surface area contributed by atoms with Gasteiger partial charge in [-0.05, 0) is 27.3 Å². The molecule has 1 heterocycles. The Kier molecular flexibility index (Phi) is 4.16. The van der Waals surface area contributed by atoms with Crippen molar-refractivity contribution in [2.75, 3.05) is 27.2 Å². The van der Waals surface area contributed by atoms with E-state index in [0.717, 1.165) is 6.54 Å². The topological polar surface area (TPSA) is 24.5 Å². The lowest BCUT2D eigenvalue weighted by molar-refractivity contribution is 0.0424. The fourth-order valence-corrected chi connectivity index (χ4v) is 1.89. The van der Waals surface area contributed by atoms with E-state index in [2.05, 4.69) is 24.1 Å². The molecular weight excluding hydrogens is 164 g/mol. The molecule has 3 nitrogen and oxygen atoms in total. The second-order valence-electron chi connectivity index (χ2n) is 3.95. The first-order valence-electron chi connectivity index (χ1n) is 5.13. The highest BCUT2D eigenvalue weighted by atomic mass is 16.5. The third-order valence-corrected chi connectivity index (χ3v) is 3.26. The molecule has 1 rings (SSSR count). The molecule has 78 valence electrons. The van der Waals surface area contributed by atoms with Crippen LogP contribution >= 0.6 is 0 Å². The van der Waals surface area contributed by atoms with Crippen LogP contribution in [0.2, 0.25) is 0 Å². The van der Waals surface area contributed by atoms with E-state index in [-0.39, 0.29) is 0 Å². The van der Waals surface area contributed by atoms with Crippen LogP contribution in [0.25, 0.3) is 0 Å². The average molecular weight is 186 g/mol. The monoisotopic (exact) mass is 186 g/mol. The van der Waals surface area contributed by atoms with Gasteiger partial charge in [-0.3, -0.25) is 4.90 Å². The molecule has 1 fully saturated rings. The summed E-state index contributed by atoms with van der Waals surface area (Å²) in [5, 5.41) is 3.32. The van der Waals surface area contributed by atoms with Crippen molar-refractivity contribution in [2.45, 2.75) is 38.5 Å². The van der Waals surface area contributed by atoms with Crippen LogP contribution in [0.4, 0.5) is 0 Å². The van der Waals surface area contributed by atoms with Crippen molar-refractivity contribution in [2.24, 2.45) is 0 Å². The number of hydrogen-bond donors (Lipinski definition) is 1. The predicted octanol–water partition coefficient (Wildman–Crippen LogP) is 0.703. The number of methoxy groups -OCH3 is 1. The second-order valence-corrected chi connectivity index (χ2v) is 3.95. The van der Waals surface area contributed by atoms with Crippen molar-refractivity contribution < 1.29 is 4.74 Å². The van der Waals surface area contributed by atoms with Crippen LogP contribution in [0.5, 0.6) is 0 Å². The fraction of sp³-hybridized carbons (Fsp3) is 1.00. The molecule has 0 aromatic rings. The van der Waals surface area contributed by atoms with E-state index in [4.69, 9.17) is 4.74 Å². The second kappa shape index (κ2) is 4.94. The molecule has 0 aromatic carbocycles. The summed E-state index contributed by atoms with van der Waals surface area (Å²) in [5.74, 6) is 0. The normalized spacial score (nSPS) is 29.1. The predicted molar refractivity (Wildman–Crippen MR) is 55.0 cm³/mol. The van der Waals surface area contributed by atoms with Crippen LogP contribution in [-0.4, -0.2) is 50.3 Å². The lowest BCUT2D eigenvalue weighted by Crippen LogP contribution is -2.41. The first-order chi connectivity index (χ1) is 6.19. The number of ether oxygens (including phenoxy) is 1. The lowest BCUT2D eigenvalue weighted by atomic mass is 10.2. The van der Waals surface area contributed by atoms with Crippen LogP contribution in [0.3, 0.4) is 0 Å². The summed E-state index contributed by atoms with van der Waals surface area (Å²) in [4.78, 5) is 2.50. The summed E-state index contributed by atoms with van der Waals surface area (Å²) in [6, 6.07) is 1.20. The summed E-state index contributed by atoms with van der Waals surface area (Å²) in [6.07, 6.45) is 1.59. The first kappa shape index (κ1) is 11.0. The van der Waals surface area contributed by atoms with Gasteiger partial charge < -0.3 is 10.1 Å². The smallest absolute Gasteiger partial charge is 0.0695 e. The average Bonchev–Trinajstić information content (AvgIpc) is 2.63. The minimum atomic E-state index is 0.329. The van der Waals surface area contributed by atoms with Crippen LogP contribution in [0.15, 0.2) is 0 Å². The maximum atomic E-state index is 5.33. The van der Waals surface area contributed by atoms with E-state index in [1.165, 1.54) is 13.0 Å². The molecule has 0 bridgehead atoms. The molecule has 0 amide bonds. The van der Waals surface area contributed by atoms with Gasteiger partial charge in [-0.2, -0.15) is 0 Å². The third-order valence-electron chi connectivity index (χ3n) is 3.26. The molecule has 1 aliphatic heterocycles. The van der Waals surface area contributed by atoms with Gasteiger partial charge in [0.05, 0.1) is 6.10 Å². The van der Waals surface area contributed by atoms with Gasteiger partial charge in [-0.15, -0.1) is 0 Å². The van der Waals surface area contributed by atoms with Gasteiger partial charge in [0.15, 0.2) is 0 Å². The third kappa shape index (κ3) is 2.66. The molecule has 3 heteroatoms. The van der Waals surface area contributed by atoms with Gasteiger partial charge in [0, 0.05) is 32.3 Å². The Morgan fingerprint density at radius 1 is 1.46 bits per heavy atom. The maximum Gasteiger partial charge on any atom is 0.0695 e. The minimum Gasteiger partial charge on any atom is -0.380 e. The Balaban J connectivity index is 2.36. The quantitative estimate of drug-likeness (QED) is 0.699. The Morgan fingerprint density at radius 2 is 2.15 bits per heavy atom. The number of likely N-dealkylation sites (tertiary alicyclic amines) is 1. The molecule has 0 aliphatic carbocycles. The van der Waals surface area contributed by atoms with Gasteiger partial charge in [-0.25, -0.2) is 0 Å². The summed E-state index contributed by atoms with van der Waals surface area (Å²) in [5.41, 5.74) is 0. The van der Waals surface area contributed by atoms with Gasteiger partial charge in [0.1, 0.15) is 0 Å². The van der Waals surface area contributed by atoms with Crippen LogP contribution in [0, 0.1) is 0 Å². The molecule has 1 saturated heterocycles. The van der Waals surface area contributed by atoms with Crippen LogP contribution < -0.4 is 5.32 Å². The Labute approximate surface area is 81.4 Å². The van der Waals surface area contributed by atoms with E-state index in [1.807, 2.05) is 7.05 Å². The molecule has 0 radical (unpaired) electrons. The van der Waals surface area contributed by atoms with Crippen molar-refractivity contribution in [1.82, 2.24) is 10.2 Å². The van der Waals surface area contributed by atoms with Crippen LogP contribution in [0.1, 0.15) is 20.3 Å². The van der Waals surface area contributed by atoms with E-state index in [1.54, 1.807) is 7.11 Å². The zero-order valence-corrected chi connectivity index (χ0v) is 9.21. The summed E-state index contributed by atoms with van der Waals surface area (Å²) < 4.78 is 5.33. The number of nitrogens with one attached hydrogen (secondary N) is 1. The zero-order valence-electron chi connectivity index (χ0n) is 9.21. The molecule has 0 aromatic heterocycles. The van der Waals surface area contributed by atoms with Gasteiger partial charge >= 0.3 is 0 Å². The molecule has 13 heavy (non-hydrogen) atoms. The highest BCUT2D eigenvalue weighted by molar-refractivity contribution is 4.84. The molecule has 3 atom stereocenters. The highest BCUT2D eigenvalue weighted by Gasteiger charge is 2.27. The number of rotatable bonds is 4. The van der Waals surface area contributed by atoms with Crippen molar-refractivity contribution >= 4 is 0 Å². The lowest BCUT2D eigenvalue weighted by Gasteiger charge is -2.28. The van der Waals surface area contributed by atoms with Gasteiger partial charge in [0.2, 0.25) is 0 Å². The largest absolute Gasteiger partial charge is 0.380 e. The molecule has 0 spiro atoms. The Bertz CT molecular complexity index is 152. The van der Waals surface area contributed by atoms with Crippen molar-refractivity contribution in [3.05, 3.63) is 0 Å². The zero-order chi connectivity index (χ0) is 9.84. The van der Waals surface area contributed by atoms with Crippen molar-refractivity contribution in [1.29, 1.82) is 0 Å². The molecular formula is C10H22N2O. The first-order valence-corrected chi connectivity index (χ1v) is 5.13. The Hall–Kier alpha value is -0.120. The standard InChI is InChI=1S/C10H22N2O/c1-8(9(2)13-4)12-6-5-10(7-12)11-3/h8-11H,5-7H2,1-4H3. The van der Waals surface area contributed by atoms with Crippen LogP contribution in [-0.2, 0) is 4.74 Å². The van der Waals surface area contributed by atoms with Crippen molar-refractivity contribution in [3.8, 4) is 0 Å². The van der Waals surface area contributed by atoms with E-state index >= 15 is 0 Å². The molecule has 1 aliphatic rings.